The molecule has 1 aromatic heterocycles. The lowest BCUT2D eigenvalue weighted by Gasteiger charge is -2.26. The first-order valence-corrected chi connectivity index (χ1v) is 7.78. The summed E-state index contributed by atoms with van der Waals surface area (Å²) in [6, 6.07) is 4.06. The third-order valence-electron chi connectivity index (χ3n) is 3.20. The van der Waals surface area contributed by atoms with Gasteiger partial charge < -0.3 is 15.0 Å². The van der Waals surface area contributed by atoms with Gasteiger partial charge in [-0.2, -0.15) is 0 Å². The summed E-state index contributed by atoms with van der Waals surface area (Å²) in [7, 11) is 0. The summed E-state index contributed by atoms with van der Waals surface area (Å²) in [6.07, 6.45) is 1.40. The Morgan fingerprint density at radius 1 is 1.30 bits per heavy atom. The second-order valence-corrected chi connectivity index (χ2v) is 5.70. The van der Waals surface area contributed by atoms with Crippen LogP contribution in [0.5, 0.6) is 0 Å². The van der Waals surface area contributed by atoms with E-state index in [4.69, 9.17) is 4.74 Å². The summed E-state index contributed by atoms with van der Waals surface area (Å²) in [4.78, 5) is 26.5. The van der Waals surface area contributed by atoms with Crippen LogP contribution in [0.25, 0.3) is 0 Å². The summed E-state index contributed by atoms with van der Waals surface area (Å²) < 4.78 is 5.19. The topological polar surface area (TPSA) is 58.6 Å². The molecule has 1 aliphatic rings. The summed E-state index contributed by atoms with van der Waals surface area (Å²) in [5.41, 5.74) is 0. The van der Waals surface area contributed by atoms with Crippen LogP contribution >= 0.6 is 11.3 Å². The van der Waals surface area contributed by atoms with Gasteiger partial charge in [-0.3, -0.25) is 9.59 Å². The van der Waals surface area contributed by atoms with E-state index in [1.54, 1.807) is 16.2 Å². The molecule has 1 fully saturated rings. The minimum Gasteiger partial charge on any atom is -0.378 e. The maximum atomic E-state index is 11.9. The molecular formula is C14H20N2O3S. The molecule has 0 unspecified atom stereocenters. The maximum Gasteiger partial charge on any atom is 0.223 e. The number of hydrogen-bond acceptors (Lipinski definition) is 4. The van der Waals surface area contributed by atoms with Gasteiger partial charge in [-0.25, -0.2) is 0 Å². The molecule has 5 nitrogen and oxygen atoms in total. The monoisotopic (exact) mass is 296 g/mol. The standard InChI is InChI=1S/C14H20N2O3S/c17-13(15-6-5-12-2-1-11-20-12)3-4-14(18)16-7-9-19-10-8-16/h1-2,11H,3-10H2,(H,15,17). The first-order chi connectivity index (χ1) is 9.75. The average molecular weight is 296 g/mol. The quantitative estimate of drug-likeness (QED) is 0.853. The Hall–Kier alpha value is -1.40. The zero-order chi connectivity index (χ0) is 14.2. The van der Waals surface area contributed by atoms with Crippen LogP contribution in [0.1, 0.15) is 17.7 Å². The summed E-state index contributed by atoms with van der Waals surface area (Å²) in [5, 5.41) is 4.88. The van der Waals surface area contributed by atoms with Crippen molar-refractivity contribution in [1.82, 2.24) is 10.2 Å². The van der Waals surface area contributed by atoms with E-state index in [1.807, 2.05) is 11.4 Å². The SMILES string of the molecule is O=C(CCC(=O)N1CCOCC1)NCCc1cccs1. The maximum absolute atomic E-state index is 11.9. The Morgan fingerprint density at radius 3 is 2.80 bits per heavy atom. The van der Waals surface area contributed by atoms with Crippen molar-refractivity contribution in [2.45, 2.75) is 19.3 Å². The number of carbonyl (C=O) groups is 2. The van der Waals surface area contributed by atoms with E-state index in [1.165, 1.54) is 4.88 Å². The highest BCUT2D eigenvalue weighted by Crippen LogP contribution is 2.08. The van der Waals surface area contributed by atoms with Crippen molar-refractivity contribution in [2.75, 3.05) is 32.8 Å². The van der Waals surface area contributed by atoms with Crippen molar-refractivity contribution in [3.63, 3.8) is 0 Å². The van der Waals surface area contributed by atoms with Gasteiger partial charge in [0.2, 0.25) is 11.8 Å². The van der Waals surface area contributed by atoms with E-state index < -0.39 is 0 Å². The molecular weight excluding hydrogens is 276 g/mol. The Labute approximate surface area is 122 Å². The highest BCUT2D eigenvalue weighted by molar-refractivity contribution is 7.09. The van der Waals surface area contributed by atoms with Crippen LogP contribution in [0.2, 0.25) is 0 Å². The number of ether oxygens (including phenoxy) is 1. The number of nitrogens with zero attached hydrogens (tertiary/aromatic N) is 1. The molecule has 0 bridgehead atoms. The lowest BCUT2D eigenvalue weighted by molar-refractivity contribution is -0.137. The van der Waals surface area contributed by atoms with Crippen molar-refractivity contribution in [1.29, 1.82) is 0 Å². The third-order valence-corrected chi connectivity index (χ3v) is 4.14. The van der Waals surface area contributed by atoms with Crippen LogP contribution in [0.4, 0.5) is 0 Å². The van der Waals surface area contributed by atoms with Gasteiger partial charge in [0.1, 0.15) is 0 Å². The number of nitrogens with one attached hydrogen (secondary N) is 1. The molecule has 1 aromatic rings. The summed E-state index contributed by atoms with van der Waals surface area (Å²) in [6.45, 7) is 3.10. The molecule has 1 saturated heterocycles. The second kappa shape index (κ2) is 8.01. The Bertz CT molecular complexity index is 428. The molecule has 0 saturated carbocycles. The van der Waals surface area contributed by atoms with Crippen LogP contribution in [-0.2, 0) is 20.7 Å². The van der Waals surface area contributed by atoms with Gasteiger partial charge in [-0.1, -0.05) is 6.07 Å². The van der Waals surface area contributed by atoms with Gasteiger partial charge in [0, 0.05) is 37.4 Å². The van der Waals surface area contributed by atoms with E-state index in [0.717, 1.165) is 6.42 Å². The zero-order valence-electron chi connectivity index (χ0n) is 11.5. The van der Waals surface area contributed by atoms with Gasteiger partial charge in [-0.05, 0) is 17.9 Å². The molecule has 1 aliphatic heterocycles. The van der Waals surface area contributed by atoms with Gasteiger partial charge in [0.25, 0.3) is 0 Å². The Morgan fingerprint density at radius 2 is 2.10 bits per heavy atom. The lowest BCUT2D eigenvalue weighted by Crippen LogP contribution is -2.41. The fraction of sp³-hybridized carbons (Fsp3) is 0.571. The summed E-state index contributed by atoms with van der Waals surface area (Å²) >= 11 is 1.69. The van der Waals surface area contributed by atoms with Crippen LogP contribution in [0.3, 0.4) is 0 Å². The van der Waals surface area contributed by atoms with Crippen LogP contribution in [-0.4, -0.2) is 49.6 Å². The molecule has 0 spiro atoms. The zero-order valence-corrected chi connectivity index (χ0v) is 12.3. The normalized spacial score (nSPS) is 15.1. The highest BCUT2D eigenvalue weighted by atomic mass is 32.1. The van der Waals surface area contributed by atoms with Crippen LogP contribution in [0, 0.1) is 0 Å². The van der Waals surface area contributed by atoms with Crippen molar-refractivity contribution in [2.24, 2.45) is 0 Å². The second-order valence-electron chi connectivity index (χ2n) is 4.67. The molecule has 1 N–H and O–H groups in total. The predicted octanol–water partition coefficient (Wildman–Crippen LogP) is 1.05. The molecule has 110 valence electrons. The van der Waals surface area contributed by atoms with Gasteiger partial charge in [0.05, 0.1) is 13.2 Å². The van der Waals surface area contributed by atoms with E-state index in [0.29, 0.717) is 32.8 Å². The first kappa shape index (κ1) is 15.0. The Kier molecular flexibility index (Phi) is 6.01. The lowest BCUT2D eigenvalue weighted by atomic mass is 10.2. The van der Waals surface area contributed by atoms with Crippen molar-refractivity contribution in [3.8, 4) is 0 Å². The molecule has 0 radical (unpaired) electrons. The molecule has 0 atom stereocenters. The third kappa shape index (κ3) is 4.94. The molecule has 2 rings (SSSR count). The van der Waals surface area contributed by atoms with Crippen LogP contribution < -0.4 is 5.32 Å². The molecule has 2 heterocycles. The fourth-order valence-electron chi connectivity index (χ4n) is 2.06. The number of hydrogen-bond donors (Lipinski definition) is 1. The molecule has 6 heteroatoms. The minimum absolute atomic E-state index is 0.0432. The van der Waals surface area contributed by atoms with E-state index in [2.05, 4.69) is 11.4 Å². The van der Waals surface area contributed by atoms with E-state index >= 15 is 0 Å². The number of thiophene rings is 1. The molecule has 0 aromatic carbocycles. The number of morpholine rings is 1. The average Bonchev–Trinajstić information content (AvgIpc) is 2.99. The predicted molar refractivity (Wildman–Crippen MR) is 77.7 cm³/mol. The number of carbonyl (C=O) groups excluding carboxylic acids is 2. The summed E-state index contributed by atoms with van der Waals surface area (Å²) in [5.74, 6) is -0.00938. The number of amides is 2. The van der Waals surface area contributed by atoms with Crippen molar-refractivity contribution in [3.05, 3.63) is 22.4 Å². The fourth-order valence-corrected chi connectivity index (χ4v) is 2.77. The van der Waals surface area contributed by atoms with Gasteiger partial charge in [-0.15, -0.1) is 11.3 Å². The minimum atomic E-state index is -0.0526. The van der Waals surface area contributed by atoms with E-state index in [9.17, 15) is 9.59 Å². The first-order valence-electron chi connectivity index (χ1n) is 6.90. The molecule has 20 heavy (non-hydrogen) atoms. The Balaban J connectivity index is 1.58. The smallest absolute Gasteiger partial charge is 0.223 e. The highest BCUT2D eigenvalue weighted by Gasteiger charge is 2.17. The largest absolute Gasteiger partial charge is 0.378 e. The molecule has 2 amide bonds. The number of rotatable bonds is 6. The van der Waals surface area contributed by atoms with Crippen molar-refractivity contribution < 1.29 is 14.3 Å². The van der Waals surface area contributed by atoms with Crippen molar-refractivity contribution >= 4 is 23.2 Å². The van der Waals surface area contributed by atoms with E-state index in [-0.39, 0.29) is 24.7 Å². The molecule has 0 aliphatic carbocycles. The van der Waals surface area contributed by atoms with Gasteiger partial charge in [0.15, 0.2) is 0 Å². The van der Waals surface area contributed by atoms with Crippen LogP contribution in [0.15, 0.2) is 17.5 Å². The van der Waals surface area contributed by atoms with Gasteiger partial charge >= 0.3 is 0 Å².